The molecule has 5 heteroatoms. The van der Waals surface area contributed by atoms with Gasteiger partial charge in [0.25, 0.3) is 0 Å². The molecule has 4 nitrogen and oxygen atoms in total. The van der Waals surface area contributed by atoms with Crippen LogP contribution in [0.5, 0.6) is 0 Å². The van der Waals surface area contributed by atoms with E-state index in [0.29, 0.717) is 13.1 Å². The van der Waals surface area contributed by atoms with Crippen LogP contribution in [-0.4, -0.2) is 18.5 Å². The molecule has 0 aromatic heterocycles. The van der Waals surface area contributed by atoms with Crippen LogP contribution < -0.4 is 5.73 Å². The van der Waals surface area contributed by atoms with Gasteiger partial charge in [-0.05, 0) is 29.0 Å². The fourth-order valence-corrected chi connectivity index (χ4v) is 3.49. The standard InChI is InChI=1S/C15H24N2O2S/c1-5-20(18,19)17-9-12-7-6-11(8-13(12)10-17)14(16)15(2,3)4/h6-8,14H,5,9-10,16H2,1-4H3. The molecule has 0 radical (unpaired) electrons. The van der Waals surface area contributed by atoms with E-state index in [1.807, 2.05) is 12.1 Å². The third-order valence-corrected chi connectivity index (χ3v) is 5.75. The predicted molar refractivity (Wildman–Crippen MR) is 81.5 cm³/mol. The quantitative estimate of drug-likeness (QED) is 0.931. The third-order valence-electron chi connectivity index (χ3n) is 3.97. The number of fused-ring (bicyclic) bond motifs is 1. The number of nitrogens with zero attached hydrogens (tertiary/aromatic N) is 1. The Labute approximate surface area is 122 Å². The molecule has 20 heavy (non-hydrogen) atoms. The molecule has 2 N–H and O–H groups in total. The molecule has 1 unspecified atom stereocenters. The fourth-order valence-electron chi connectivity index (χ4n) is 2.46. The summed E-state index contributed by atoms with van der Waals surface area (Å²) in [5, 5.41) is 0. The average Bonchev–Trinajstić information content (AvgIpc) is 2.80. The molecule has 2 rings (SSSR count). The Kier molecular flexibility index (Phi) is 3.97. The Morgan fingerprint density at radius 1 is 1.25 bits per heavy atom. The summed E-state index contributed by atoms with van der Waals surface area (Å²) >= 11 is 0. The Bertz CT molecular complexity index is 603. The second-order valence-electron chi connectivity index (χ2n) is 6.54. The van der Waals surface area contributed by atoms with E-state index in [1.54, 1.807) is 11.2 Å². The SMILES string of the molecule is CCS(=O)(=O)N1Cc2ccc(C(N)C(C)(C)C)cc2C1. The van der Waals surface area contributed by atoms with Crippen LogP contribution in [0, 0.1) is 5.41 Å². The maximum atomic E-state index is 11.9. The first-order valence-electron chi connectivity index (χ1n) is 7.00. The highest BCUT2D eigenvalue weighted by Gasteiger charge is 2.29. The summed E-state index contributed by atoms with van der Waals surface area (Å²) in [5.41, 5.74) is 9.52. The van der Waals surface area contributed by atoms with E-state index in [2.05, 4.69) is 26.8 Å². The number of hydrogen-bond acceptors (Lipinski definition) is 3. The van der Waals surface area contributed by atoms with Gasteiger partial charge in [-0.2, -0.15) is 4.31 Å². The van der Waals surface area contributed by atoms with Gasteiger partial charge >= 0.3 is 0 Å². The fraction of sp³-hybridized carbons (Fsp3) is 0.600. The summed E-state index contributed by atoms with van der Waals surface area (Å²) < 4.78 is 25.4. The number of hydrogen-bond donors (Lipinski definition) is 1. The lowest BCUT2D eigenvalue weighted by atomic mass is 9.82. The summed E-state index contributed by atoms with van der Waals surface area (Å²) in [6.07, 6.45) is 0. The van der Waals surface area contributed by atoms with Gasteiger partial charge in [0.2, 0.25) is 10.0 Å². The van der Waals surface area contributed by atoms with Crippen LogP contribution in [0.3, 0.4) is 0 Å². The lowest BCUT2D eigenvalue weighted by Crippen LogP contribution is -2.27. The zero-order chi connectivity index (χ0) is 15.1. The van der Waals surface area contributed by atoms with Crippen LogP contribution in [0.15, 0.2) is 18.2 Å². The molecule has 1 heterocycles. The lowest BCUT2D eigenvalue weighted by molar-refractivity contribution is 0.327. The van der Waals surface area contributed by atoms with Gasteiger partial charge in [0.15, 0.2) is 0 Å². The second-order valence-corrected chi connectivity index (χ2v) is 8.80. The topological polar surface area (TPSA) is 63.4 Å². The van der Waals surface area contributed by atoms with Crippen molar-refractivity contribution in [3.05, 3.63) is 34.9 Å². The van der Waals surface area contributed by atoms with Gasteiger partial charge in [0.1, 0.15) is 0 Å². The molecular weight excluding hydrogens is 272 g/mol. The number of benzene rings is 1. The largest absolute Gasteiger partial charge is 0.324 e. The van der Waals surface area contributed by atoms with Crippen molar-refractivity contribution in [2.75, 3.05) is 5.75 Å². The van der Waals surface area contributed by atoms with E-state index < -0.39 is 10.0 Å². The first-order valence-corrected chi connectivity index (χ1v) is 8.61. The third kappa shape index (κ3) is 2.90. The van der Waals surface area contributed by atoms with Gasteiger partial charge in [-0.25, -0.2) is 8.42 Å². The molecule has 0 saturated carbocycles. The smallest absolute Gasteiger partial charge is 0.214 e. The van der Waals surface area contributed by atoms with Crippen LogP contribution in [0.4, 0.5) is 0 Å². The highest BCUT2D eigenvalue weighted by atomic mass is 32.2. The summed E-state index contributed by atoms with van der Waals surface area (Å²) in [6, 6.07) is 6.05. The summed E-state index contributed by atoms with van der Waals surface area (Å²) in [7, 11) is -3.13. The lowest BCUT2D eigenvalue weighted by Gasteiger charge is -2.27. The van der Waals surface area contributed by atoms with Crippen LogP contribution in [0.25, 0.3) is 0 Å². The van der Waals surface area contributed by atoms with Crippen molar-refractivity contribution in [2.45, 2.75) is 46.8 Å². The van der Waals surface area contributed by atoms with Crippen LogP contribution in [0.1, 0.15) is 50.4 Å². The van der Waals surface area contributed by atoms with E-state index >= 15 is 0 Å². The zero-order valence-corrected chi connectivity index (χ0v) is 13.5. The Balaban J connectivity index is 2.28. The highest BCUT2D eigenvalue weighted by molar-refractivity contribution is 7.89. The molecule has 0 bridgehead atoms. The minimum atomic E-state index is -3.13. The Hall–Kier alpha value is -0.910. The molecular formula is C15H24N2O2S. The number of rotatable bonds is 3. The van der Waals surface area contributed by atoms with Crippen molar-refractivity contribution in [1.82, 2.24) is 4.31 Å². The molecule has 0 fully saturated rings. The predicted octanol–water partition coefficient (Wildman–Crippen LogP) is 2.40. The molecule has 1 atom stereocenters. The van der Waals surface area contributed by atoms with Crippen molar-refractivity contribution in [3.63, 3.8) is 0 Å². The Morgan fingerprint density at radius 3 is 2.40 bits per heavy atom. The van der Waals surface area contributed by atoms with Gasteiger partial charge < -0.3 is 5.73 Å². The summed E-state index contributed by atoms with van der Waals surface area (Å²) in [5.74, 6) is 0.148. The molecule has 0 aliphatic carbocycles. The van der Waals surface area contributed by atoms with Gasteiger partial charge in [-0.15, -0.1) is 0 Å². The van der Waals surface area contributed by atoms with Crippen molar-refractivity contribution < 1.29 is 8.42 Å². The van der Waals surface area contributed by atoms with E-state index in [4.69, 9.17) is 5.73 Å². The van der Waals surface area contributed by atoms with Gasteiger partial charge in [-0.1, -0.05) is 39.0 Å². The molecule has 1 aromatic carbocycles. The second kappa shape index (κ2) is 5.13. The first-order chi connectivity index (χ1) is 9.15. The van der Waals surface area contributed by atoms with Gasteiger partial charge in [0.05, 0.1) is 5.75 Å². The molecule has 0 saturated heterocycles. The molecule has 1 aromatic rings. The monoisotopic (exact) mass is 296 g/mol. The number of sulfonamides is 1. The highest BCUT2D eigenvalue weighted by Crippen LogP contribution is 2.33. The minimum absolute atomic E-state index is 0.0119. The maximum Gasteiger partial charge on any atom is 0.214 e. The zero-order valence-electron chi connectivity index (χ0n) is 12.7. The van der Waals surface area contributed by atoms with Crippen molar-refractivity contribution in [2.24, 2.45) is 11.1 Å². The molecule has 112 valence electrons. The van der Waals surface area contributed by atoms with Crippen LogP contribution in [-0.2, 0) is 23.1 Å². The van der Waals surface area contributed by atoms with Crippen LogP contribution >= 0.6 is 0 Å². The molecule has 0 amide bonds. The van der Waals surface area contributed by atoms with Crippen LogP contribution in [0.2, 0.25) is 0 Å². The first kappa shape index (κ1) is 15.5. The van der Waals surface area contributed by atoms with Gasteiger partial charge in [-0.3, -0.25) is 0 Å². The van der Waals surface area contributed by atoms with E-state index in [9.17, 15) is 8.42 Å². The number of nitrogens with two attached hydrogens (primary N) is 1. The van der Waals surface area contributed by atoms with Crippen molar-refractivity contribution in [1.29, 1.82) is 0 Å². The maximum absolute atomic E-state index is 11.9. The Morgan fingerprint density at radius 2 is 1.85 bits per heavy atom. The average molecular weight is 296 g/mol. The minimum Gasteiger partial charge on any atom is -0.324 e. The van der Waals surface area contributed by atoms with E-state index in [0.717, 1.165) is 16.7 Å². The molecule has 1 aliphatic rings. The normalized spacial score (nSPS) is 18.1. The van der Waals surface area contributed by atoms with E-state index in [1.165, 1.54) is 0 Å². The van der Waals surface area contributed by atoms with E-state index in [-0.39, 0.29) is 17.2 Å². The molecule has 0 spiro atoms. The molecule has 1 aliphatic heterocycles. The van der Waals surface area contributed by atoms with Crippen molar-refractivity contribution in [3.8, 4) is 0 Å². The summed E-state index contributed by atoms with van der Waals surface area (Å²) in [4.78, 5) is 0. The summed E-state index contributed by atoms with van der Waals surface area (Å²) in [6.45, 7) is 8.96. The van der Waals surface area contributed by atoms with Crippen molar-refractivity contribution >= 4 is 10.0 Å². The van der Waals surface area contributed by atoms with Gasteiger partial charge in [0, 0.05) is 19.1 Å².